The Labute approximate surface area is 129 Å². The van der Waals surface area contributed by atoms with E-state index >= 15 is 0 Å². The molecule has 0 aliphatic rings. The second kappa shape index (κ2) is 6.14. The first-order valence-corrected chi connectivity index (χ1v) is 7.02. The van der Waals surface area contributed by atoms with E-state index in [1.165, 1.54) is 11.8 Å². The fourth-order valence-corrected chi connectivity index (χ4v) is 1.97. The Morgan fingerprint density at radius 3 is 2.33 bits per heavy atom. The van der Waals surface area contributed by atoms with E-state index in [2.05, 4.69) is 36.4 Å². The van der Waals surface area contributed by atoms with E-state index in [1.807, 2.05) is 24.3 Å². The molecule has 2 amide bonds. The molecule has 0 atom stereocenters. The number of rotatable bonds is 2. The van der Waals surface area contributed by atoms with Crippen LogP contribution in [0.25, 0.3) is 0 Å². The fourth-order valence-electron chi connectivity index (χ4n) is 1.81. The van der Waals surface area contributed by atoms with Crippen LogP contribution in [0.5, 0.6) is 0 Å². The minimum Gasteiger partial charge on any atom is -0.308 e. The highest BCUT2D eigenvalue weighted by atomic mass is 35.5. The molecule has 0 aliphatic heterocycles. The van der Waals surface area contributed by atoms with Crippen molar-refractivity contribution in [2.75, 3.05) is 10.6 Å². The number of benzene rings is 1. The van der Waals surface area contributed by atoms with Crippen LogP contribution in [0, 0.1) is 0 Å². The van der Waals surface area contributed by atoms with Gasteiger partial charge in [-0.05, 0) is 35.2 Å². The van der Waals surface area contributed by atoms with Gasteiger partial charge < -0.3 is 5.32 Å². The number of nitrogens with zero attached hydrogens (tertiary/aromatic N) is 1. The molecule has 2 rings (SSSR count). The topological polar surface area (TPSA) is 54.0 Å². The number of amides is 2. The van der Waals surface area contributed by atoms with E-state index in [0.717, 1.165) is 5.69 Å². The highest BCUT2D eigenvalue weighted by Gasteiger charge is 2.13. The van der Waals surface area contributed by atoms with Crippen LogP contribution in [-0.2, 0) is 5.41 Å². The molecule has 1 heterocycles. The molecular formula is C16H18ClN3O. The molecule has 1 aromatic carbocycles. The quantitative estimate of drug-likeness (QED) is 0.846. The van der Waals surface area contributed by atoms with E-state index in [9.17, 15) is 4.79 Å². The third kappa shape index (κ3) is 4.46. The fraction of sp³-hybridized carbons (Fsp3) is 0.250. The van der Waals surface area contributed by atoms with E-state index in [0.29, 0.717) is 10.8 Å². The molecule has 5 heteroatoms. The number of nitrogens with one attached hydrogen (secondary N) is 2. The molecule has 0 bridgehead atoms. The zero-order chi connectivity index (χ0) is 15.5. The maximum Gasteiger partial charge on any atom is 0.324 e. The van der Waals surface area contributed by atoms with Gasteiger partial charge in [0.2, 0.25) is 0 Å². The minimum atomic E-state index is -0.353. The first-order valence-electron chi connectivity index (χ1n) is 6.65. The largest absolute Gasteiger partial charge is 0.324 e. The maximum atomic E-state index is 11.9. The lowest BCUT2D eigenvalue weighted by Crippen LogP contribution is -2.20. The Morgan fingerprint density at radius 2 is 1.76 bits per heavy atom. The third-order valence-corrected chi connectivity index (χ3v) is 3.21. The van der Waals surface area contributed by atoms with Gasteiger partial charge in [-0.1, -0.05) is 44.5 Å². The van der Waals surface area contributed by atoms with Gasteiger partial charge in [0.15, 0.2) is 0 Å². The Hall–Kier alpha value is -2.07. The Bertz CT molecular complexity index is 633. The predicted molar refractivity (Wildman–Crippen MR) is 87.0 cm³/mol. The summed E-state index contributed by atoms with van der Waals surface area (Å²) >= 11 is 5.84. The molecule has 0 unspecified atom stereocenters. The second-order valence-corrected chi connectivity index (χ2v) is 6.20. The molecule has 2 N–H and O–H groups in total. The number of carbonyl (C=O) groups excluding carboxylic acids is 1. The molecular weight excluding hydrogens is 286 g/mol. The molecule has 0 radical (unpaired) electrons. The zero-order valence-corrected chi connectivity index (χ0v) is 13.0. The molecule has 0 aliphatic carbocycles. The average molecular weight is 304 g/mol. The highest BCUT2D eigenvalue weighted by molar-refractivity contribution is 6.30. The lowest BCUT2D eigenvalue weighted by molar-refractivity contribution is 0.262. The van der Waals surface area contributed by atoms with Crippen molar-refractivity contribution in [3.63, 3.8) is 0 Å². The minimum absolute atomic E-state index is 0.0888. The summed E-state index contributed by atoms with van der Waals surface area (Å²) in [5.41, 5.74) is 2.03. The van der Waals surface area contributed by atoms with Gasteiger partial charge >= 0.3 is 6.03 Å². The van der Waals surface area contributed by atoms with Gasteiger partial charge in [0, 0.05) is 16.9 Å². The van der Waals surface area contributed by atoms with Gasteiger partial charge in [0.25, 0.3) is 0 Å². The van der Waals surface area contributed by atoms with Crippen LogP contribution in [0.2, 0.25) is 5.02 Å². The summed E-state index contributed by atoms with van der Waals surface area (Å²) in [6, 6.07) is 10.7. The van der Waals surface area contributed by atoms with Gasteiger partial charge in [0.05, 0.1) is 0 Å². The maximum absolute atomic E-state index is 11.9. The van der Waals surface area contributed by atoms with Crippen LogP contribution in [-0.4, -0.2) is 11.0 Å². The Kier molecular flexibility index (Phi) is 4.48. The average Bonchev–Trinajstić information content (AvgIpc) is 2.38. The van der Waals surface area contributed by atoms with Crippen LogP contribution in [0.1, 0.15) is 26.3 Å². The van der Waals surface area contributed by atoms with Crippen molar-refractivity contribution in [2.45, 2.75) is 26.2 Å². The summed E-state index contributed by atoms with van der Waals surface area (Å²) < 4.78 is 0. The van der Waals surface area contributed by atoms with Gasteiger partial charge in [-0.3, -0.25) is 5.32 Å². The van der Waals surface area contributed by atoms with Crippen molar-refractivity contribution < 1.29 is 4.79 Å². The normalized spacial score (nSPS) is 11.0. The van der Waals surface area contributed by atoms with Crippen LogP contribution >= 0.6 is 11.6 Å². The van der Waals surface area contributed by atoms with Crippen molar-refractivity contribution in [3.8, 4) is 0 Å². The summed E-state index contributed by atoms with van der Waals surface area (Å²) in [4.78, 5) is 15.9. The molecule has 0 saturated carbocycles. The van der Waals surface area contributed by atoms with E-state index in [4.69, 9.17) is 11.6 Å². The predicted octanol–water partition coefficient (Wildman–Crippen LogP) is 4.68. The molecule has 4 nitrogen and oxygen atoms in total. The molecule has 0 saturated heterocycles. The number of aromatic nitrogens is 1. The van der Waals surface area contributed by atoms with Gasteiger partial charge in [-0.2, -0.15) is 0 Å². The lowest BCUT2D eigenvalue weighted by Gasteiger charge is -2.19. The first-order chi connectivity index (χ1) is 9.84. The number of carbonyl (C=O) groups is 1. The molecule has 2 aromatic rings. The Balaban J connectivity index is 2.00. The van der Waals surface area contributed by atoms with Crippen molar-refractivity contribution in [1.82, 2.24) is 4.98 Å². The molecule has 21 heavy (non-hydrogen) atoms. The van der Waals surface area contributed by atoms with Crippen molar-refractivity contribution >= 4 is 29.1 Å². The smallest absolute Gasteiger partial charge is 0.308 e. The standard InChI is InChI=1S/C16H18ClN3O/c1-16(2,3)11-4-6-13(7-5-11)19-15(21)20-14-10-12(17)8-9-18-14/h4-10H,1-3H3,(H2,18,19,20,21). The SMILES string of the molecule is CC(C)(C)c1ccc(NC(=O)Nc2cc(Cl)ccn2)cc1. The summed E-state index contributed by atoms with van der Waals surface area (Å²) in [6.07, 6.45) is 1.54. The van der Waals surface area contributed by atoms with Crippen molar-refractivity contribution in [2.24, 2.45) is 0 Å². The van der Waals surface area contributed by atoms with Gasteiger partial charge in [0.1, 0.15) is 5.82 Å². The molecule has 110 valence electrons. The number of halogens is 1. The number of anilines is 2. The molecule has 0 fully saturated rings. The van der Waals surface area contributed by atoms with Crippen LogP contribution < -0.4 is 10.6 Å². The van der Waals surface area contributed by atoms with E-state index < -0.39 is 0 Å². The summed E-state index contributed by atoms with van der Waals surface area (Å²) in [6.45, 7) is 6.44. The van der Waals surface area contributed by atoms with Crippen molar-refractivity contribution in [1.29, 1.82) is 0 Å². The number of hydrogen-bond donors (Lipinski definition) is 2. The lowest BCUT2D eigenvalue weighted by atomic mass is 9.87. The molecule has 1 aromatic heterocycles. The number of hydrogen-bond acceptors (Lipinski definition) is 2. The summed E-state index contributed by atoms with van der Waals surface area (Å²) in [7, 11) is 0. The highest BCUT2D eigenvalue weighted by Crippen LogP contribution is 2.23. The van der Waals surface area contributed by atoms with Crippen LogP contribution in [0.3, 0.4) is 0 Å². The second-order valence-electron chi connectivity index (χ2n) is 5.77. The van der Waals surface area contributed by atoms with Crippen LogP contribution in [0.15, 0.2) is 42.6 Å². The zero-order valence-electron chi connectivity index (χ0n) is 12.3. The summed E-state index contributed by atoms with van der Waals surface area (Å²) in [5.74, 6) is 0.409. The first kappa shape index (κ1) is 15.3. The van der Waals surface area contributed by atoms with Crippen LogP contribution in [0.4, 0.5) is 16.3 Å². The molecule has 0 spiro atoms. The number of pyridine rings is 1. The summed E-state index contributed by atoms with van der Waals surface area (Å²) in [5, 5.41) is 5.91. The third-order valence-electron chi connectivity index (χ3n) is 2.97. The van der Waals surface area contributed by atoms with E-state index in [-0.39, 0.29) is 11.4 Å². The Morgan fingerprint density at radius 1 is 1.10 bits per heavy atom. The number of urea groups is 1. The van der Waals surface area contributed by atoms with Crippen molar-refractivity contribution in [3.05, 3.63) is 53.2 Å². The van der Waals surface area contributed by atoms with E-state index in [1.54, 1.807) is 12.1 Å². The monoisotopic (exact) mass is 303 g/mol. The van der Waals surface area contributed by atoms with Gasteiger partial charge in [-0.15, -0.1) is 0 Å². The van der Waals surface area contributed by atoms with Gasteiger partial charge in [-0.25, -0.2) is 9.78 Å².